The van der Waals surface area contributed by atoms with Crippen LogP contribution in [0.3, 0.4) is 0 Å². The van der Waals surface area contributed by atoms with Gasteiger partial charge in [-0.05, 0) is 61.0 Å². The van der Waals surface area contributed by atoms with E-state index in [9.17, 15) is 4.79 Å². The van der Waals surface area contributed by atoms with E-state index in [1.54, 1.807) is 36.4 Å². The molecule has 0 saturated carbocycles. The molecule has 2 aromatic carbocycles. The molecule has 33 heavy (non-hydrogen) atoms. The Morgan fingerprint density at radius 3 is 2.67 bits per heavy atom. The van der Waals surface area contributed by atoms with Crippen molar-refractivity contribution in [3.63, 3.8) is 0 Å². The number of furan rings is 1. The van der Waals surface area contributed by atoms with Crippen molar-refractivity contribution < 1.29 is 9.15 Å². The van der Waals surface area contributed by atoms with Crippen molar-refractivity contribution in [1.29, 1.82) is 0 Å². The van der Waals surface area contributed by atoms with Gasteiger partial charge in [0.2, 0.25) is 4.96 Å². The van der Waals surface area contributed by atoms with Crippen LogP contribution in [0.15, 0.2) is 63.8 Å². The van der Waals surface area contributed by atoms with Gasteiger partial charge in [-0.25, -0.2) is 0 Å². The zero-order chi connectivity index (χ0) is 22.9. The predicted molar refractivity (Wildman–Crippen MR) is 131 cm³/mol. The van der Waals surface area contributed by atoms with Crippen molar-refractivity contribution in [3.8, 4) is 28.5 Å². The van der Waals surface area contributed by atoms with E-state index in [0.717, 1.165) is 23.3 Å². The molecule has 0 bridgehead atoms. The molecule has 0 unspecified atom stereocenters. The Bertz CT molecular complexity index is 1550. The number of hydrogen-bond donors (Lipinski definition) is 0. The molecular formula is C24H17Cl2N3O3S. The summed E-state index contributed by atoms with van der Waals surface area (Å²) in [7, 11) is 0. The third-order valence-corrected chi connectivity index (χ3v) is 6.37. The summed E-state index contributed by atoms with van der Waals surface area (Å²) < 4.78 is 13.3. The molecule has 0 amide bonds. The van der Waals surface area contributed by atoms with Gasteiger partial charge in [0.1, 0.15) is 21.8 Å². The lowest BCUT2D eigenvalue weighted by molar-refractivity contribution is 0.317. The third-order valence-electron chi connectivity index (χ3n) is 4.86. The number of fused-ring (bicyclic) bond motifs is 1. The van der Waals surface area contributed by atoms with Crippen molar-refractivity contribution in [2.24, 2.45) is 0 Å². The molecular weight excluding hydrogens is 481 g/mol. The molecule has 5 rings (SSSR count). The lowest BCUT2D eigenvalue weighted by Gasteiger charge is -2.04. The molecule has 0 aliphatic carbocycles. The Morgan fingerprint density at radius 1 is 1.12 bits per heavy atom. The summed E-state index contributed by atoms with van der Waals surface area (Å²) in [5.41, 5.74) is 1.29. The fourth-order valence-electron chi connectivity index (χ4n) is 3.27. The van der Waals surface area contributed by atoms with E-state index in [4.69, 9.17) is 32.4 Å². The Balaban J connectivity index is 1.43. The lowest BCUT2D eigenvalue weighted by Crippen LogP contribution is -2.23. The van der Waals surface area contributed by atoms with E-state index in [1.807, 2.05) is 24.3 Å². The summed E-state index contributed by atoms with van der Waals surface area (Å²) in [6.07, 6.45) is 2.62. The topological polar surface area (TPSA) is 69.6 Å². The molecule has 0 aliphatic heterocycles. The molecule has 3 heterocycles. The molecule has 0 aliphatic rings. The highest BCUT2D eigenvalue weighted by Gasteiger charge is 2.13. The molecule has 166 valence electrons. The zero-order valence-electron chi connectivity index (χ0n) is 17.4. The molecule has 0 spiro atoms. The maximum Gasteiger partial charge on any atom is 0.291 e. The summed E-state index contributed by atoms with van der Waals surface area (Å²) in [4.78, 5) is 17.9. The minimum Gasteiger partial charge on any atom is -0.494 e. The number of rotatable bonds is 6. The lowest BCUT2D eigenvalue weighted by atomic mass is 10.2. The van der Waals surface area contributed by atoms with Gasteiger partial charge in [-0.3, -0.25) is 4.79 Å². The second kappa shape index (κ2) is 9.02. The van der Waals surface area contributed by atoms with Crippen LogP contribution in [0, 0.1) is 0 Å². The summed E-state index contributed by atoms with van der Waals surface area (Å²) in [6, 6.07) is 16.3. The van der Waals surface area contributed by atoms with Crippen LogP contribution in [0.1, 0.15) is 19.1 Å². The van der Waals surface area contributed by atoms with Crippen LogP contribution in [0.25, 0.3) is 33.7 Å². The minimum atomic E-state index is -0.251. The largest absolute Gasteiger partial charge is 0.494 e. The molecule has 5 aromatic rings. The number of aromatic nitrogens is 3. The molecule has 9 heteroatoms. The number of thiazole rings is 1. The normalized spacial score (nSPS) is 12.0. The van der Waals surface area contributed by atoms with Gasteiger partial charge in [0, 0.05) is 22.2 Å². The summed E-state index contributed by atoms with van der Waals surface area (Å²) in [6.45, 7) is 2.73. The van der Waals surface area contributed by atoms with Gasteiger partial charge in [0.25, 0.3) is 5.56 Å². The Morgan fingerprint density at radius 2 is 1.94 bits per heavy atom. The van der Waals surface area contributed by atoms with Crippen molar-refractivity contribution in [2.45, 2.75) is 13.3 Å². The molecule has 0 atom stereocenters. The van der Waals surface area contributed by atoms with Gasteiger partial charge < -0.3 is 9.15 Å². The van der Waals surface area contributed by atoms with Crippen LogP contribution in [0.4, 0.5) is 0 Å². The average Bonchev–Trinajstić information content (AvgIpc) is 3.50. The van der Waals surface area contributed by atoms with Crippen LogP contribution in [-0.4, -0.2) is 21.2 Å². The standard InChI is InChI=1S/C24H17Cl2N3O3S/c1-2-11-31-16-6-3-14(4-7-16)22-27-24-29(28-22)23(30)21(33-24)13-17-8-10-20(32-17)18-9-5-15(25)12-19(18)26/h3-10,12-13H,2,11H2,1H3/b21-13-. The van der Waals surface area contributed by atoms with Gasteiger partial charge in [-0.1, -0.05) is 41.5 Å². The fourth-order valence-corrected chi connectivity index (χ4v) is 4.66. The van der Waals surface area contributed by atoms with Crippen molar-refractivity contribution >= 4 is 45.6 Å². The number of benzene rings is 2. The number of hydrogen-bond acceptors (Lipinski definition) is 6. The average molecular weight is 498 g/mol. The van der Waals surface area contributed by atoms with Gasteiger partial charge in [0.15, 0.2) is 5.82 Å². The van der Waals surface area contributed by atoms with Crippen LogP contribution < -0.4 is 14.8 Å². The monoisotopic (exact) mass is 497 g/mol. The first kappa shape index (κ1) is 21.7. The Hall–Kier alpha value is -3.13. The molecule has 0 radical (unpaired) electrons. The third kappa shape index (κ3) is 4.39. The first-order valence-electron chi connectivity index (χ1n) is 10.2. The van der Waals surface area contributed by atoms with E-state index < -0.39 is 0 Å². The maximum absolute atomic E-state index is 12.9. The van der Waals surface area contributed by atoms with Gasteiger partial charge in [-0.15, -0.1) is 5.10 Å². The second-order valence-corrected chi connectivity index (χ2v) is 9.10. The van der Waals surface area contributed by atoms with Crippen LogP contribution in [-0.2, 0) is 0 Å². The van der Waals surface area contributed by atoms with Crippen molar-refractivity contribution in [2.75, 3.05) is 6.61 Å². The summed E-state index contributed by atoms with van der Waals surface area (Å²) in [5, 5.41) is 5.43. The summed E-state index contributed by atoms with van der Waals surface area (Å²) >= 11 is 13.5. The molecule has 0 saturated heterocycles. The van der Waals surface area contributed by atoms with Crippen LogP contribution in [0.5, 0.6) is 5.75 Å². The smallest absolute Gasteiger partial charge is 0.291 e. The van der Waals surface area contributed by atoms with Crippen molar-refractivity contribution in [3.05, 3.63) is 85.3 Å². The van der Waals surface area contributed by atoms with E-state index >= 15 is 0 Å². The first-order chi connectivity index (χ1) is 16.0. The fraction of sp³-hybridized carbons (Fsp3) is 0.125. The molecule has 0 fully saturated rings. The number of nitrogens with zero attached hydrogens (tertiary/aromatic N) is 3. The van der Waals surface area contributed by atoms with E-state index in [0.29, 0.717) is 43.5 Å². The quantitative estimate of drug-likeness (QED) is 0.300. The number of ether oxygens (including phenoxy) is 1. The van der Waals surface area contributed by atoms with E-state index in [1.165, 1.54) is 15.9 Å². The summed E-state index contributed by atoms with van der Waals surface area (Å²) in [5.74, 6) is 2.40. The second-order valence-electron chi connectivity index (χ2n) is 7.24. The first-order valence-corrected chi connectivity index (χ1v) is 11.8. The van der Waals surface area contributed by atoms with Crippen LogP contribution >= 0.6 is 34.5 Å². The van der Waals surface area contributed by atoms with Gasteiger partial charge >= 0.3 is 0 Å². The van der Waals surface area contributed by atoms with Gasteiger partial charge in [0.05, 0.1) is 11.6 Å². The predicted octanol–water partition coefficient (Wildman–Crippen LogP) is 5.72. The maximum atomic E-state index is 12.9. The van der Waals surface area contributed by atoms with Crippen LogP contribution in [0.2, 0.25) is 10.0 Å². The van der Waals surface area contributed by atoms with E-state index in [2.05, 4.69) is 17.0 Å². The Labute approximate surface area is 202 Å². The molecule has 3 aromatic heterocycles. The van der Waals surface area contributed by atoms with E-state index in [-0.39, 0.29) is 5.56 Å². The zero-order valence-corrected chi connectivity index (χ0v) is 19.7. The molecule has 0 N–H and O–H groups in total. The highest BCUT2D eigenvalue weighted by Crippen LogP contribution is 2.31. The molecule has 6 nitrogen and oxygen atoms in total. The van der Waals surface area contributed by atoms with Crippen molar-refractivity contribution in [1.82, 2.24) is 14.6 Å². The number of halogens is 2. The van der Waals surface area contributed by atoms with Gasteiger partial charge in [-0.2, -0.15) is 9.50 Å². The Kier molecular flexibility index (Phi) is 5.93. The minimum absolute atomic E-state index is 0.251. The SMILES string of the molecule is CCCOc1ccc(-c2nc3s/c(=C\c4ccc(-c5ccc(Cl)cc5Cl)o4)c(=O)n3n2)cc1. The highest BCUT2D eigenvalue weighted by atomic mass is 35.5. The highest BCUT2D eigenvalue weighted by molar-refractivity contribution is 7.15.